The quantitative estimate of drug-likeness (QED) is 0.348. The van der Waals surface area contributed by atoms with E-state index < -0.39 is 0 Å². The second kappa shape index (κ2) is 9.38. The van der Waals surface area contributed by atoms with Crippen molar-refractivity contribution in [1.29, 1.82) is 0 Å². The highest BCUT2D eigenvalue weighted by Gasteiger charge is 2.03. The zero-order valence-corrected chi connectivity index (χ0v) is 14.0. The largest absolute Gasteiger partial charge is 0.369 e. The summed E-state index contributed by atoms with van der Waals surface area (Å²) in [6.45, 7) is 0. The molecule has 0 amide bonds. The summed E-state index contributed by atoms with van der Waals surface area (Å²) in [4.78, 5) is 0. The van der Waals surface area contributed by atoms with E-state index in [9.17, 15) is 0 Å². The third-order valence-corrected chi connectivity index (χ3v) is 3.08. The van der Waals surface area contributed by atoms with Crippen LogP contribution < -0.4 is 22.9 Å². The predicted octanol–water partition coefficient (Wildman–Crippen LogP) is 0.898. The Morgan fingerprint density at radius 3 is 1.19 bits per heavy atom. The zero-order valence-electron chi connectivity index (χ0n) is 14.0. The van der Waals surface area contributed by atoms with Crippen LogP contribution in [0, 0.1) is 0 Å². The van der Waals surface area contributed by atoms with E-state index in [4.69, 9.17) is 22.9 Å². The van der Waals surface area contributed by atoms with Crippen LogP contribution in [-0.2, 0) is 0 Å². The molecular formula is C18H20N8. The number of hydrogen-bond donors (Lipinski definition) is 4. The van der Waals surface area contributed by atoms with Crippen LogP contribution in [-0.4, -0.2) is 23.3 Å². The maximum Gasteiger partial charge on any atom is 0.211 e. The predicted molar refractivity (Wildman–Crippen MR) is 107 cm³/mol. The van der Waals surface area contributed by atoms with Crippen molar-refractivity contribution in [2.45, 2.75) is 0 Å². The van der Waals surface area contributed by atoms with Crippen molar-refractivity contribution >= 4 is 23.3 Å². The Hall–Kier alpha value is -3.94. The molecule has 0 saturated heterocycles. The minimum Gasteiger partial charge on any atom is -0.369 e. The Bertz CT molecular complexity index is 783. The van der Waals surface area contributed by atoms with Crippen molar-refractivity contribution < 1.29 is 0 Å². The first-order valence-corrected chi connectivity index (χ1v) is 7.68. The first-order valence-electron chi connectivity index (χ1n) is 7.68. The normalized spacial score (nSPS) is 12.0. The average Bonchev–Trinajstić information content (AvgIpc) is 2.65. The molecule has 0 saturated carbocycles. The second-order valence-electron chi connectivity index (χ2n) is 5.09. The van der Waals surface area contributed by atoms with Gasteiger partial charge in [-0.15, -0.1) is 20.4 Å². The number of rotatable bonds is 6. The Morgan fingerprint density at radius 1 is 0.538 bits per heavy atom. The first kappa shape index (κ1) is 18.4. The molecule has 0 radical (unpaired) electrons. The summed E-state index contributed by atoms with van der Waals surface area (Å²) in [7, 11) is 0. The number of guanidine groups is 2. The zero-order chi connectivity index (χ0) is 18.8. The Kier molecular flexibility index (Phi) is 6.64. The lowest BCUT2D eigenvalue weighted by Gasteiger charge is -2.02. The van der Waals surface area contributed by atoms with E-state index in [0.29, 0.717) is 11.4 Å². The Morgan fingerprint density at radius 2 is 0.885 bits per heavy atom. The molecule has 0 spiro atoms. The minimum atomic E-state index is -0.135. The van der Waals surface area contributed by atoms with Gasteiger partial charge < -0.3 is 22.9 Å². The van der Waals surface area contributed by atoms with Crippen molar-refractivity contribution in [2.75, 3.05) is 0 Å². The SMILES string of the molecule is NC(N)=NN=C(/C=C\C(=NN=C(N)N)c1ccccc1)c1ccccc1. The third-order valence-electron chi connectivity index (χ3n) is 3.08. The van der Waals surface area contributed by atoms with E-state index in [1.54, 1.807) is 12.2 Å². The molecule has 2 rings (SSSR count). The molecule has 132 valence electrons. The summed E-state index contributed by atoms with van der Waals surface area (Å²) < 4.78 is 0. The van der Waals surface area contributed by atoms with Crippen LogP contribution in [0.1, 0.15) is 11.1 Å². The molecule has 0 heterocycles. The van der Waals surface area contributed by atoms with Crippen molar-refractivity contribution in [3.05, 3.63) is 83.9 Å². The molecular weight excluding hydrogens is 328 g/mol. The van der Waals surface area contributed by atoms with E-state index >= 15 is 0 Å². The van der Waals surface area contributed by atoms with E-state index in [1.807, 2.05) is 60.7 Å². The summed E-state index contributed by atoms with van der Waals surface area (Å²) in [6.07, 6.45) is 3.46. The lowest BCUT2D eigenvalue weighted by atomic mass is 10.1. The molecule has 2 aromatic rings. The molecule has 0 aliphatic heterocycles. The first-order chi connectivity index (χ1) is 12.6. The molecule has 26 heavy (non-hydrogen) atoms. The van der Waals surface area contributed by atoms with Gasteiger partial charge in [0.1, 0.15) is 0 Å². The summed E-state index contributed by atoms with van der Waals surface area (Å²) >= 11 is 0. The van der Waals surface area contributed by atoms with E-state index in [2.05, 4.69) is 20.4 Å². The van der Waals surface area contributed by atoms with Crippen LogP contribution in [0.2, 0.25) is 0 Å². The average molecular weight is 348 g/mol. The van der Waals surface area contributed by atoms with E-state index in [1.165, 1.54) is 0 Å². The fourth-order valence-corrected chi connectivity index (χ4v) is 1.97. The lowest BCUT2D eigenvalue weighted by molar-refractivity contribution is 1.20. The van der Waals surface area contributed by atoms with Gasteiger partial charge >= 0.3 is 0 Å². The topological polar surface area (TPSA) is 154 Å². The summed E-state index contributed by atoms with van der Waals surface area (Å²) in [5, 5.41) is 15.6. The molecule has 0 aliphatic rings. The number of nitrogens with two attached hydrogens (primary N) is 4. The van der Waals surface area contributed by atoms with Crippen molar-refractivity contribution in [3.8, 4) is 0 Å². The van der Waals surface area contributed by atoms with Gasteiger partial charge in [-0.25, -0.2) is 0 Å². The highest BCUT2D eigenvalue weighted by Crippen LogP contribution is 2.07. The summed E-state index contributed by atoms with van der Waals surface area (Å²) in [5.41, 5.74) is 24.3. The van der Waals surface area contributed by atoms with Gasteiger partial charge in [0.2, 0.25) is 11.9 Å². The number of benzene rings is 2. The minimum absolute atomic E-state index is 0.135. The van der Waals surface area contributed by atoms with Crippen LogP contribution in [0.25, 0.3) is 0 Å². The standard InChI is InChI=1S/C18H20N8/c19-17(20)25-23-15(13-7-3-1-4-8-13)11-12-16(24-26-18(21)22)14-9-5-2-6-10-14/h1-12H,(H4,19,20,25)(H4,21,22,26)/b12-11-,23-15?,24-16?. The van der Waals surface area contributed by atoms with Gasteiger partial charge in [-0.1, -0.05) is 60.7 Å². The fraction of sp³-hybridized carbons (Fsp3) is 0. The number of hydrogen-bond acceptors (Lipinski definition) is 4. The van der Waals surface area contributed by atoms with Gasteiger partial charge in [0.15, 0.2) is 0 Å². The lowest BCUT2D eigenvalue weighted by Crippen LogP contribution is -2.22. The van der Waals surface area contributed by atoms with Crippen LogP contribution in [0.3, 0.4) is 0 Å². The number of nitrogens with zero attached hydrogens (tertiary/aromatic N) is 4. The van der Waals surface area contributed by atoms with E-state index in [0.717, 1.165) is 11.1 Å². The molecule has 0 aliphatic carbocycles. The van der Waals surface area contributed by atoms with Gasteiger partial charge in [-0.3, -0.25) is 0 Å². The Labute approximate surface area is 151 Å². The van der Waals surface area contributed by atoms with Gasteiger partial charge in [-0.05, 0) is 12.2 Å². The van der Waals surface area contributed by atoms with Crippen molar-refractivity contribution in [3.63, 3.8) is 0 Å². The maximum absolute atomic E-state index is 5.37. The number of allylic oxidation sites excluding steroid dienone is 2. The van der Waals surface area contributed by atoms with E-state index in [-0.39, 0.29) is 11.9 Å². The van der Waals surface area contributed by atoms with Crippen LogP contribution in [0.5, 0.6) is 0 Å². The third kappa shape index (κ3) is 5.93. The molecule has 0 bridgehead atoms. The summed E-state index contributed by atoms with van der Waals surface area (Å²) in [5.74, 6) is -0.270. The van der Waals surface area contributed by atoms with Gasteiger partial charge in [0.25, 0.3) is 0 Å². The van der Waals surface area contributed by atoms with Gasteiger partial charge in [-0.2, -0.15) is 0 Å². The van der Waals surface area contributed by atoms with Gasteiger partial charge in [0, 0.05) is 11.1 Å². The molecule has 2 aromatic carbocycles. The molecule has 8 N–H and O–H groups in total. The molecule has 0 aromatic heterocycles. The smallest absolute Gasteiger partial charge is 0.211 e. The second-order valence-corrected chi connectivity index (χ2v) is 5.09. The monoisotopic (exact) mass is 348 g/mol. The van der Waals surface area contributed by atoms with Crippen LogP contribution >= 0.6 is 0 Å². The summed E-state index contributed by atoms with van der Waals surface area (Å²) in [6, 6.07) is 18.9. The molecule has 0 fully saturated rings. The van der Waals surface area contributed by atoms with Crippen LogP contribution in [0.4, 0.5) is 0 Å². The fourth-order valence-electron chi connectivity index (χ4n) is 1.97. The van der Waals surface area contributed by atoms with Crippen molar-refractivity contribution in [1.82, 2.24) is 0 Å². The Balaban J connectivity index is 2.44. The van der Waals surface area contributed by atoms with Crippen LogP contribution in [0.15, 0.2) is 93.2 Å². The highest BCUT2D eigenvalue weighted by molar-refractivity contribution is 6.16. The maximum atomic E-state index is 5.37. The molecule has 0 atom stereocenters. The van der Waals surface area contributed by atoms with Crippen molar-refractivity contribution in [2.24, 2.45) is 43.3 Å². The van der Waals surface area contributed by atoms with Gasteiger partial charge in [0.05, 0.1) is 11.4 Å². The molecule has 8 heteroatoms. The molecule has 0 unspecified atom stereocenters. The highest BCUT2D eigenvalue weighted by atomic mass is 15.3. The molecule has 8 nitrogen and oxygen atoms in total.